The van der Waals surface area contributed by atoms with Crippen molar-refractivity contribution in [1.82, 2.24) is 19.8 Å². The van der Waals surface area contributed by atoms with Crippen molar-refractivity contribution < 1.29 is 9.53 Å². The number of aromatic nitrogens is 2. The number of piperidine rings is 1. The zero-order valence-corrected chi connectivity index (χ0v) is 17.1. The smallest absolute Gasteiger partial charge is 0.246 e. The summed E-state index contributed by atoms with van der Waals surface area (Å²) in [7, 11) is 5.70. The fourth-order valence-corrected chi connectivity index (χ4v) is 3.74. The molecule has 1 amide bonds. The average molecular weight is 386 g/mol. The molecule has 3 rings (SSSR count). The number of methoxy groups -OCH3 is 1. The van der Waals surface area contributed by atoms with Crippen LogP contribution in [0.5, 0.6) is 0 Å². The number of likely N-dealkylation sites (N-methyl/N-ethyl adjacent to an activating group) is 1. The van der Waals surface area contributed by atoms with E-state index in [9.17, 15) is 4.79 Å². The van der Waals surface area contributed by atoms with E-state index in [1.54, 1.807) is 19.5 Å². The van der Waals surface area contributed by atoms with E-state index in [4.69, 9.17) is 4.74 Å². The van der Waals surface area contributed by atoms with Gasteiger partial charge < -0.3 is 19.9 Å². The van der Waals surface area contributed by atoms with Crippen LogP contribution in [-0.4, -0.2) is 79.2 Å². The van der Waals surface area contributed by atoms with Gasteiger partial charge in [-0.1, -0.05) is 12.2 Å². The van der Waals surface area contributed by atoms with Crippen molar-refractivity contribution in [2.24, 2.45) is 0 Å². The molecule has 7 heteroatoms. The summed E-state index contributed by atoms with van der Waals surface area (Å²) in [6, 6.07) is 0.197. The number of hydrogen-bond donors (Lipinski definition) is 1. The predicted molar refractivity (Wildman–Crippen MR) is 111 cm³/mol. The summed E-state index contributed by atoms with van der Waals surface area (Å²) >= 11 is 0. The second-order valence-electron chi connectivity index (χ2n) is 7.65. The number of rotatable bonds is 8. The van der Waals surface area contributed by atoms with Crippen LogP contribution in [0.25, 0.3) is 5.57 Å². The number of nitrogens with zero attached hydrogens (tertiary/aromatic N) is 4. The number of carbonyl (C=O) groups excluding carboxylic acids is 1. The highest BCUT2D eigenvalue weighted by Crippen LogP contribution is 2.33. The van der Waals surface area contributed by atoms with Gasteiger partial charge in [0, 0.05) is 50.8 Å². The van der Waals surface area contributed by atoms with Crippen molar-refractivity contribution in [2.45, 2.75) is 31.7 Å². The fourth-order valence-electron chi connectivity index (χ4n) is 3.74. The minimum absolute atomic E-state index is 0.0851. The zero-order valence-electron chi connectivity index (χ0n) is 17.1. The molecule has 1 aromatic heterocycles. The van der Waals surface area contributed by atoms with Crippen molar-refractivity contribution in [3.63, 3.8) is 0 Å². The number of ether oxygens (including phenoxy) is 1. The Kier molecular flexibility index (Phi) is 7.17. The summed E-state index contributed by atoms with van der Waals surface area (Å²) in [5, 5.41) is 3.59. The van der Waals surface area contributed by atoms with Crippen LogP contribution in [-0.2, 0) is 16.0 Å². The van der Waals surface area contributed by atoms with E-state index >= 15 is 0 Å². The average Bonchev–Trinajstić information content (AvgIpc) is 3.10. The van der Waals surface area contributed by atoms with Gasteiger partial charge in [0.2, 0.25) is 5.91 Å². The minimum atomic E-state index is 0.0851. The first-order valence-corrected chi connectivity index (χ1v) is 9.97. The Bertz CT molecular complexity index is 744. The molecule has 1 aliphatic heterocycles. The quantitative estimate of drug-likeness (QED) is 0.690. The molecule has 7 nitrogen and oxygen atoms in total. The summed E-state index contributed by atoms with van der Waals surface area (Å²) in [5.74, 6) is 0.967. The van der Waals surface area contributed by atoms with Gasteiger partial charge in [0.1, 0.15) is 12.1 Å². The number of allylic oxidation sites excluding steroid dienone is 1. The monoisotopic (exact) mass is 385 g/mol. The van der Waals surface area contributed by atoms with Crippen LogP contribution in [0.1, 0.15) is 30.5 Å². The van der Waals surface area contributed by atoms with Crippen molar-refractivity contribution in [2.75, 3.05) is 52.8 Å². The van der Waals surface area contributed by atoms with Gasteiger partial charge in [-0.3, -0.25) is 4.79 Å². The van der Waals surface area contributed by atoms with E-state index in [1.165, 1.54) is 5.57 Å². The van der Waals surface area contributed by atoms with E-state index in [0.717, 1.165) is 55.8 Å². The summed E-state index contributed by atoms with van der Waals surface area (Å²) < 4.78 is 5.24. The van der Waals surface area contributed by atoms with Gasteiger partial charge in [-0.05, 0) is 38.9 Å². The van der Waals surface area contributed by atoms with Gasteiger partial charge in [0.25, 0.3) is 0 Å². The lowest BCUT2D eigenvalue weighted by Crippen LogP contribution is -2.44. The van der Waals surface area contributed by atoms with Crippen LogP contribution in [0, 0.1) is 0 Å². The van der Waals surface area contributed by atoms with E-state index in [2.05, 4.69) is 21.4 Å². The standard InChI is InChI=1S/C21H31N5O2/c1-25(2)11-5-7-19(27)26-12-4-6-17(14-26)24-21-20-16(10-13-28-3)8-9-18(20)22-15-23-21/h5,7-8,15,17H,4,6,9-14H2,1-3H3,(H,22,23,24)/b7-5+/t17-/m1/s1. The fraction of sp³-hybridized carbons (Fsp3) is 0.571. The Morgan fingerprint density at radius 2 is 2.29 bits per heavy atom. The van der Waals surface area contributed by atoms with Gasteiger partial charge in [0.15, 0.2) is 0 Å². The van der Waals surface area contributed by atoms with E-state index in [1.807, 2.05) is 30.0 Å². The molecule has 0 spiro atoms. The molecule has 1 fully saturated rings. The van der Waals surface area contributed by atoms with Gasteiger partial charge in [-0.25, -0.2) is 9.97 Å². The Hall–Kier alpha value is -2.25. The van der Waals surface area contributed by atoms with Crippen LogP contribution < -0.4 is 5.32 Å². The predicted octanol–water partition coefficient (Wildman–Crippen LogP) is 1.97. The molecular formula is C21H31N5O2. The Morgan fingerprint density at radius 1 is 1.43 bits per heavy atom. The third-order valence-electron chi connectivity index (χ3n) is 5.17. The van der Waals surface area contributed by atoms with Crippen molar-refractivity contribution in [3.05, 3.63) is 35.8 Å². The van der Waals surface area contributed by atoms with E-state index in [-0.39, 0.29) is 11.9 Å². The molecule has 1 saturated heterocycles. The summed E-state index contributed by atoms with van der Waals surface area (Å²) in [6.07, 6.45) is 11.2. The maximum absolute atomic E-state index is 12.5. The van der Waals surface area contributed by atoms with Crippen molar-refractivity contribution in [1.29, 1.82) is 0 Å². The van der Waals surface area contributed by atoms with Gasteiger partial charge in [-0.15, -0.1) is 0 Å². The first-order chi connectivity index (χ1) is 13.6. The second kappa shape index (κ2) is 9.80. The highest BCUT2D eigenvalue weighted by Gasteiger charge is 2.26. The largest absolute Gasteiger partial charge is 0.384 e. The summed E-state index contributed by atoms with van der Waals surface area (Å²) in [6.45, 7) is 2.96. The van der Waals surface area contributed by atoms with E-state index in [0.29, 0.717) is 13.2 Å². The van der Waals surface area contributed by atoms with Crippen LogP contribution in [0.15, 0.2) is 24.6 Å². The molecule has 2 heterocycles. The van der Waals surface area contributed by atoms with Crippen LogP contribution in [0.4, 0.5) is 5.82 Å². The van der Waals surface area contributed by atoms with Crippen LogP contribution >= 0.6 is 0 Å². The van der Waals surface area contributed by atoms with Crippen LogP contribution in [0.2, 0.25) is 0 Å². The number of fused-ring (bicyclic) bond motifs is 1. The molecule has 0 saturated carbocycles. The molecule has 2 aliphatic rings. The number of carbonyl (C=O) groups is 1. The third kappa shape index (κ3) is 5.17. The van der Waals surface area contributed by atoms with Crippen molar-refractivity contribution >= 4 is 17.3 Å². The normalized spacial score (nSPS) is 19.2. The molecule has 1 aliphatic carbocycles. The molecule has 0 bridgehead atoms. The number of anilines is 1. The lowest BCUT2D eigenvalue weighted by Gasteiger charge is -2.33. The summed E-state index contributed by atoms with van der Waals surface area (Å²) in [5.41, 5.74) is 3.43. The number of hydrogen-bond acceptors (Lipinski definition) is 6. The molecule has 1 aromatic rings. The number of nitrogens with one attached hydrogen (secondary N) is 1. The topological polar surface area (TPSA) is 70.6 Å². The highest BCUT2D eigenvalue weighted by atomic mass is 16.5. The molecule has 0 radical (unpaired) electrons. The Morgan fingerprint density at radius 3 is 3.07 bits per heavy atom. The van der Waals surface area contributed by atoms with E-state index < -0.39 is 0 Å². The first kappa shape index (κ1) is 20.5. The molecule has 0 aromatic carbocycles. The first-order valence-electron chi connectivity index (χ1n) is 9.97. The molecular weight excluding hydrogens is 354 g/mol. The minimum Gasteiger partial charge on any atom is -0.384 e. The molecule has 1 atom stereocenters. The molecule has 1 N–H and O–H groups in total. The second-order valence-corrected chi connectivity index (χ2v) is 7.65. The molecule has 0 unspecified atom stereocenters. The van der Waals surface area contributed by atoms with Gasteiger partial charge >= 0.3 is 0 Å². The maximum Gasteiger partial charge on any atom is 0.246 e. The van der Waals surface area contributed by atoms with Crippen LogP contribution in [0.3, 0.4) is 0 Å². The maximum atomic E-state index is 12.5. The lowest BCUT2D eigenvalue weighted by molar-refractivity contribution is -0.127. The number of likely N-dealkylation sites (tertiary alicyclic amines) is 1. The third-order valence-corrected chi connectivity index (χ3v) is 5.17. The SMILES string of the molecule is COCCC1=CCc2ncnc(N[C@@H]3CCCN(C(=O)/C=C/CN(C)C)C3)c21. The lowest BCUT2D eigenvalue weighted by atomic mass is 10.0. The van der Waals surface area contributed by atoms with Crippen molar-refractivity contribution in [3.8, 4) is 0 Å². The Balaban J connectivity index is 1.65. The zero-order chi connectivity index (χ0) is 19.9. The molecule has 152 valence electrons. The summed E-state index contributed by atoms with van der Waals surface area (Å²) in [4.78, 5) is 25.4. The van der Waals surface area contributed by atoms with Gasteiger partial charge in [0.05, 0.1) is 12.3 Å². The highest BCUT2D eigenvalue weighted by molar-refractivity contribution is 5.87. The molecule has 28 heavy (non-hydrogen) atoms. The Labute approximate surface area is 167 Å². The van der Waals surface area contributed by atoms with Gasteiger partial charge in [-0.2, -0.15) is 0 Å². The number of amides is 1.